The van der Waals surface area contributed by atoms with E-state index in [-0.39, 0.29) is 0 Å². The van der Waals surface area contributed by atoms with E-state index in [0.717, 1.165) is 12.8 Å². The maximum Gasteiger partial charge on any atom is 0.0418 e. The minimum Gasteiger partial charge on any atom is -0.103 e. The van der Waals surface area contributed by atoms with Crippen molar-refractivity contribution in [3.63, 3.8) is 0 Å². The van der Waals surface area contributed by atoms with Crippen LogP contribution in [-0.2, 0) is 0 Å². The molecule has 56 valence electrons. The molecule has 0 aromatic carbocycles. The van der Waals surface area contributed by atoms with E-state index < -0.39 is 0 Å². The molecule has 0 rings (SSSR count). The summed E-state index contributed by atoms with van der Waals surface area (Å²) >= 11 is 0. The second-order valence-electron chi connectivity index (χ2n) is 2.61. The standard InChI is InChI=1S/C10H16/c1-4-5-6-7-8-9-10(2)3/h1,4-7H2,2-3H3. The van der Waals surface area contributed by atoms with Gasteiger partial charge in [0, 0.05) is 12.3 Å². The summed E-state index contributed by atoms with van der Waals surface area (Å²) < 4.78 is 0. The average Bonchev–Trinajstić information content (AvgIpc) is 1.87. The smallest absolute Gasteiger partial charge is 0.0418 e. The summed E-state index contributed by atoms with van der Waals surface area (Å²) in [6.45, 7) is 7.84. The van der Waals surface area contributed by atoms with Gasteiger partial charge in [0.25, 0.3) is 0 Å². The van der Waals surface area contributed by atoms with Crippen LogP contribution in [0, 0.1) is 24.7 Å². The third kappa shape index (κ3) is 7.56. The second kappa shape index (κ2) is 6.68. The molecule has 0 bridgehead atoms. The predicted molar refractivity (Wildman–Crippen MR) is 46.2 cm³/mol. The lowest BCUT2D eigenvalue weighted by Gasteiger charge is -1.89. The predicted octanol–water partition coefficient (Wildman–Crippen LogP) is 3.00. The summed E-state index contributed by atoms with van der Waals surface area (Å²) in [7, 11) is 0. The zero-order chi connectivity index (χ0) is 7.82. The van der Waals surface area contributed by atoms with Crippen molar-refractivity contribution in [3.05, 3.63) is 12.8 Å². The lowest BCUT2D eigenvalue weighted by atomic mass is 10.2. The number of hydrogen-bond acceptors (Lipinski definition) is 0. The molecular weight excluding hydrogens is 120 g/mol. The van der Waals surface area contributed by atoms with E-state index in [1.54, 1.807) is 0 Å². The fourth-order valence-corrected chi connectivity index (χ4v) is 0.629. The van der Waals surface area contributed by atoms with Gasteiger partial charge in [-0.1, -0.05) is 25.7 Å². The summed E-state index contributed by atoms with van der Waals surface area (Å²) in [5, 5.41) is 0. The lowest BCUT2D eigenvalue weighted by Crippen LogP contribution is -1.75. The van der Waals surface area contributed by atoms with Crippen LogP contribution in [0.2, 0.25) is 0 Å². The van der Waals surface area contributed by atoms with Gasteiger partial charge in [0.2, 0.25) is 0 Å². The zero-order valence-electron chi connectivity index (χ0n) is 7.04. The third-order valence-electron chi connectivity index (χ3n) is 1.14. The van der Waals surface area contributed by atoms with E-state index in [0.29, 0.717) is 0 Å². The van der Waals surface area contributed by atoms with Gasteiger partial charge in [0.05, 0.1) is 0 Å². The molecule has 0 aromatic heterocycles. The number of rotatable bonds is 3. The van der Waals surface area contributed by atoms with Crippen molar-refractivity contribution >= 4 is 0 Å². The third-order valence-corrected chi connectivity index (χ3v) is 1.14. The van der Waals surface area contributed by atoms with Gasteiger partial charge in [-0.05, 0) is 20.3 Å². The minimum atomic E-state index is 1.03. The highest BCUT2D eigenvalue weighted by molar-refractivity contribution is 5.16. The lowest BCUT2D eigenvalue weighted by molar-refractivity contribution is 0.770. The summed E-state index contributed by atoms with van der Waals surface area (Å²) in [4.78, 5) is 0. The molecule has 0 heteroatoms. The highest BCUT2D eigenvalue weighted by Gasteiger charge is 1.83. The molecule has 0 unspecified atom stereocenters. The molecule has 0 atom stereocenters. The molecule has 0 aliphatic rings. The van der Waals surface area contributed by atoms with E-state index in [2.05, 4.69) is 18.8 Å². The molecule has 0 aliphatic heterocycles. The highest BCUT2D eigenvalue weighted by atomic mass is 13.9. The first-order valence-corrected chi connectivity index (χ1v) is 3.85. The van der Waals surface area contributed by atoms with Crippen molar-refractivity contribution in [2.24, 2.45) is 0 Å². The molecule has 0 heterocycles. The van der Waals surface area contributed by atoms with Crippen LogP contribution in [0.5, 0.6) is 0 Å². The molecule has 0 fully saturated rings. The van der Waals surface area contributed by atoms with Gasteiger partial charge in [0.1, 0.15) is 0 Å². The van der Waals surface area contributed by atoms with Gasteiger partial charge in [-0.25, -0.2) is 0 Å². The largest absolute Gasteiger partial charge is 0.103 e. The van der Waals surface area contributed by atoms with Crippen molar-refractivity contribution in [1.82, 2.24) is 0 Å². The Hall–Kier alpha value is -0.440. The van der Waals surface area contributed by atoms with E-state index in [1.807, 2.05) is 13.8 Å². The molecule has 0 aromatic rings. The molecular formula is C10H16. The number of hydrogen-bond donors (Lipinski definition) is 0. The molecule has 0 saturated carbocycles. The summed E-state index contributed by atoms with van der Waals surface area (Å²) in [5.74, 6) is 7.36. The Morgan fingerprint density at radius 1 is 1.30 bits per heavy atom. The van der Waals surface area contributed by atoms with Crippen LogP contribution in [0.4, 0.5) is 0 Å². The average molecular weight is 136 g/mol. The van der Waals surface area contributed by atoms with Crippen LogP contribution in [-0.4, -0.2) is 0 Å². The van der Waals surface area contributed by atoms with Crippen molar-refractivity contribution in [2.75, 3.05) is 0 Å². The van der Waals surface area contributed by atoms with E-state index in [1.165, 1.54) is 18.8 Å². The molecule has 2 radical (unpaired) electrons. The van der Waals surface area contributed by atoms with E-state index in [9.17, 15) is 0 Å². The molecule has 0 amide bonds. The van der Waals surface area contributed by atoms with Crippen LogP contribution in [0.3, 0.4) is 0 Å². The zero-order valence-corrected chi connectivity index (χ0v) is 7.04. The van der Waals surface area contributed by atoms with Crippen LogP contribution in [0.15, 0.2) is 0 Å². The second-order valence-corrected chi connectivity index (χ2v) is 2.61. The van der Waals surface area contributed by atoms with Gasteiger partial charge < -0.3 is 0 Å². The van der Waals surface area contributed by atoms with Crippen LogP contribution in [0.25, 0.3) is 0 Å². The topological polar surface area (TPSA) is 0 Å². The first-order chi connectivity index (χ1) is 4.77. The Kier molecular flexibility index (Phi) is 6.38. The van der Waals surface area contributed by atoms with Gasteiger partial charge in [-0.15, -0.1) is 5.92 Å². The van der Waals surface area contributed by atoms with Crippen molar-refractivity contribution < 1.29 is 0 Å². The van der Waals surface area contributed by atoms with Crippen molar-refractivity contribution in [1.29, 1.82) is 0 Å². The van der Waals surface area contributed by atoms with Crippen LogP contribution >= 0.6 is 0 Å². The van der Waals surface area contributed by atoms with Gasteiger partial charge in [0.15, 0.2) is 0 Å². The van der Waals surface area contributed by atoms with Crippen molar-refractivity contribution in [2.45, 2.75) is 39.5 Å². The quantitative estimate of drug-likeness (QED) is 0.413. The van der Waals surface area contributed by atoms with Crippen LogP contribution in [0.1, 0.15) is 39.5 Å². The summed E-state index contributed by atoms with van der Waals surface area (Å²) in [6, 6.07) is 0. The van der Waals surface area contributed by atoms with E-state index in [4.69, 9.17) is 0 Å². The van der Waals surface area contributed by atoms with Gasteiger partial charge in [-0.2, -0.15) is 0 Å². The Morgan fingerprint density at radius 3 is 2.50 bits per heavy atom. The molecule has 0 aliphatic carbocycles. The van der Waals surface area contributed by atoms with Crippen LogP contribution < -0.4 is 0 Å². The molecule has 0 N–H and O–H groups in total. The monoisotopic (exact) mass is 136 g/mol. The van der Waals surface area contributed by atoms with Gasteiger partial charge in [-0.3, -0.25) is 0 Å². The Bertz CT molecular complexity index is 112. The molecule has 0 spiro atoms. The highest BCUT2D eigenvalue weighted by Crippen LogP contribution is 1.97. The number of unbranched alkanes of at least 4 members (excludes halogenated alkanes) is 3. The maximum absolute atomic E-state index is 3.77. The summed E-state index contributed by atoms with van der Waals surface area (Å²) in [5.41, 5.74) is 0. The first-order valence-electron chi connectivity index (χ1n) is 3.85. The fourth-order valence-electron chi connectivity index (χ4n) is 0.629. The van der Waals surface area contributed by atoms with Gasteiger partial charge >= 0.3 is 0 Å². The molecule has 0 saturated heterocycles. The normalized spacial score (nSPS) is 9.20. The summed E-state index contributed by atoms with van der Waals surface area (Å²) in [6.07, 6.45) is 4.47. The Labute approximate surface area is 65.0 Å². The fraction of sp³-hybridized carbons (Fsp3) is 0.600. The molecule has 0 nitrogen and oxygen atoms in total. The minimum absolute atomic E-state index is 1.03. The Morgan fingerprint density at radius 2 is 2.00 bits per heavy atom. The molecule has 10 heavy (non-hydrogen) atoms. The Balaban J connectivity index is 3.12. The van der Waals surface area contributed by atoms with Crippen molar-refractivity contribution in [3.8, 4) is 11.8 Å². The van der Waals surface area contributed by atoms with E-state index >= 15 is 0 Å². The first kappa shape index (κ1) is 9.56. The maximum atomic E-state index is 3.77. The SMILES string of the molecule is [CH2]CCCCC#C[C](C)C.